The number of hydrogen-bond donors (Lipinski definition) is 2. The van der Waals surface area contributed by atoms with Crippen molar-refractivity contribution in [2.45, 2.75) is 58.0 Å². The van der Waals surface area contributed by atoms with Gasteiger partial charge in [-0.05, 0) is 55.9 Å². The molecule has 0 heterocycles. The Hall–Kier alpha value is -0.570. The van der Waals surface area contributed by atoms with Crippen LogP contribution in [0, 0.1) is 23.7 Å². The Bertz CT molecular complexity index is 312. The summed E-state index contributed by atoms with van der Waals surface area (Å²) in [4.78, 5) is 11.9. The number of rotatable bonds is 6. The average molecular weight is 250 g/mol. The van der Waals surface area contributed by atoms with Crippen LogP contribution in [0.2, 0.25) is 0 Å². The molecule has 3 nitrogen and oxygen atoms in total. The third-order valence-electron chi connectivity index (χ3n) is 5.20. The predicted molar refractivity (Wildman–Crippen MR) is 72.1 cm³/mol. The van der Waals surface area contributed by atoms with Gasteiger partial charge in [-0.25, -0.2) is 0 Å². The Morgan fingerprint density at radius 1 is 1.22 bits per heavy atom. The molecule has 0 spiro atoms. The van der Waals surface area contributed by atoms with Crippen molar-refractivity contribution in [3.8, 4) is 0 Å². The van der Waals surface area contributed by atoms with Gasteiger partial charge in [0.15, 0.2) is 0 Å². The third-order valence-corrected chi connectivity index (χ3v) is 5.20. The fourth-order valence-electron chi connectivity index (χ4n) is 4.42. The van der Waals surface area contributed by atoms with E-state index in [9.17, 15) is 4.79 Å². The topological polar surface area (TPSA) is 41.1 Å². The van der Waals surface area contributed by atoms with E-state index < -0.39 is 0 Å². The highest BCUT2D eigenvalue weighted by Crippen LogP contribution is 2.65. The molecular formula is C15H26N2O. The van der Waals surface area contributed by atoms with Crippen LogP contribution < -0.4 is 10.6 Å². The maximum absolute atomic E-state index is 11.9. The van der Waals surface area contributed by atoms with Crippen LogP contribution >= 0.6 is 0 Å². The highest BCUT2D eigenvalue weighted by Gasteiger charge is 2.65. The van der Waals surface area contributed by atoms with Crippen molar-refractivity contribution < 1.29 is 4.79 Å². The molecule has 3 heteroatoms. The van der Waals surface area contributed by atoms with Crippen LogP contribution in [-0.4, -0.2) is 24.5 Å². The molecule has 3 aliphatic carbocycles. The summed E-state index contributed by atoms with van der Waals surface area (Å²) in [6.07, 6.45) is 5.96. The summed E-state index contributed by atoms with van der Waals surface area (Å²) >= 11 is 0. The number of amides is 1. The molecule has 18 heavy (non-hydrogen) atoms. The van der Waals surface area contributed by atoms with Gasteiger partial charge in [0.2, 0.25) is 5.91 Å². The molecule has 4 atom stereocenters. The quantitative estimate of drug-likeness (QED) is 0.707. The monoisotopic (exact) mass is 250 g/mol. The molecule has 4 unspecified atom stereocenters. The second-order valence-corrected chi connectivity index (χ2v) is 6.79. The zero-order chi connectivity index (χ0) is 12.7. The van der Waals surface area contributed by atoms with Gasteiger partial charge in [0.25, 0.3) is 0 Å². The predicted octanol–water partition coefficient (Wildman–Crippen LogP) is 1.93. The summed E-state index contributed by atoms with van der Waals surface area (Å²) in [6.45, 7) is 5.23. The van der Waals surface area contributed by atoms with Gasteiger partial charge in [-0.15, -0.1) is 0 Å². The van der Waals surface area contributed by atoms with Crippen LogP contribution in [0.25, 0.3) is 0 Å². The van der Waals surface area contributed by atoms with E-state index in [1.807, 2.05) is 0 Å². The minimum Gasteiger partial charge on any atom is -0.353 e. The van der Waals surface area contributed by atoms with Crippen molar-refractivity contribution in [2.24, 2.45) is 23.7 Å². The van der Waals surface area contributed by atoms with E-state index in [1.165, 1.54) is 19.3 Å². The first-order valence-corrected chi connectivity index (χ1v) is 7.69. The number of carbonyl (C=O) groups excluding carboxylic acids is 1. The summed E-state index contributed by atoms with van der Waals surface area (Å²) in [5, 5.41) is 6.63. The van der Waals surface area contributed by atoms with Gasteiger partial charge in [-0.1, -0.05) is 13.8 Å². The Balaban J connectivity index is 1.34. The van der Waals surface area contributed by atoms with Crippen LogP contribution in [0.4, 0.5) is 0 Å². The zero-order valence-electron chi connectivity index (χ0n) is 11.6. The van der Waals surface area contributed by atoms with Gasteiger partial charge in [0, 0.05) is 18.5 Å². The van der Waals surface area contributed by atoms with Crippen molar-refractivity contribution in [3.63, 3.8) is 0 Å². The molecule has 0 radical (unpaired) electrons. The van der Waals surface area contributed by atoms with Crippen LogP contribution in [0.15, 0.2) is 0 Å². The van der Waals surface area contributed by atoms with E-state index in [2.05, 4.69) is 24.5 Å². The Morgan fingerprint density at radius 2 is 1.89 bits per heavy atom. The fraction of sp³-hybridized carbons (Fsp3) is 0.933. The first kappa shape index (κ1) is 12.5. The second kappa shape index (κ2) is 4.84. The van der Waals surface area contributed by atoms with Crippen molar-refractivity contribution >= 4 is 5.91 Å². The van der Waals surface area contributed by atoms with Gasteiger partial charge in [-0.3, -0.25) is 4.79 Å². The molecule has 3 aliphatic rings. The lowest BCUT2D eigenvalue weighted by Crippen LogP contribution is -2.31. The van der Waals surface area contributed by atoms with Gasteiger partial charge in [-0.2, -0.15) is 0 Å². The van der Waals surface area contributed by atoms with E-state index in [1.54, 1.807) is 0 Å². The standard InChI is InChI=1S/C15H26N2O/c1-9(2)16-7-3-4-12(18)17-15-13-10-5-6-11(8-10)14(13)15/h9-11,13-16H,3-8H2,1-2H3,(H,17,18). The van der Waals surface area contributed by atoms with Crippen molar-refractivity contribution in [1.29, 1.82) is 0 Å². The fourth-order valence-corrected chi connectivity index (χ4v) is 4.42. The summed E-state index contributed by atoms with van der Waals surface area (Å²) in [7, 11) is 0. The van der Waals surface area contributed by atoms with Gasteiger partial charge >= 0.3 is 0 Å². The summed E-state index contributed by atoms with van der Waals surface area (Å²) in [5.74, 6) is 3.91. The molecule has 3 fully saturated rings. The van der Waals surface area contributed by atoms with Crippen LogP contribution in [0.3, 0.4) is 0 Å². The average Bonchev–Trinajstić information content (AvgIpc) is 2.73. The summed E-state index contributed by atoms with van der Waals surface area (Å²) in [6, 6.07) is 1.08. The van der Waals surface area contributed by atoms with E-state index in [0.29, 0.717) is 18.5 Å². The highest BCUT2D eigenvalue weighted by atomic mass is 16.1. The van der Waals surface area contributed by atoms with Crippen LogP contribution in [0.1, 0.15) is 46.0 Å². The minimum atomic E-state index is 0.277. The Kier molecular flexibility index (Phi) is 3.35. The molecule has 0 aromatic heterocycles. The normalized spacial score (nSPS) is 40.1. The lowest BCUT2D eigenvalue weighted by atomic mass is 10.0. The maximum Gasteiger partial charge on any atom is 0.220 e. The lowest BCUT2D eigenvalue weighted by Gasteiger charge is -2.11. The van der Waals surface area contributed by atoms with E-state index in [4.69, 9.17) is 0 Å². The zero-order valence-corrected chi connectivity index (χ0v) is 11.6. The van der Waals surface area contributed by atoms with Gasteiger partial charge < -0.3 is 10.6 Å². The number of carbonyl (C=O) groups is 1. The molecular weight excluding hydrogens is 224 g/mol. The van der Waals surface area contributed by atoms with Crippen molar-refractivity contribution in [3.05, 3.63) is 0 Å². The first-order valence-electron chi connectivity index (χ1n) is 7.69. The van der Waals surface area contributed by atoms with E-state index in [0.717, 1.165) is 36.6 Å². The molecule has 102 valence electrons. The molecule has 2 N–H and O–H groups in total. The van der Waals surface area contributed by atoms with Crippen molar-refractivity contribution in [1.82, 2.24) is 10.6 Å². The number of fused-ring (bicyclic) bond motifs is 5. The van der Waals surface area contributed by atoms with Crippen LogP contribution in [-0.2, 0) is 4.79 Å². The highest BCUT2D eigenvalue weighted by molar-refractivity contribution is 5.76. The number of hydrogen-bond acceptors (Lipinski definition) is 2. The van der Waals surface area contributed by atoms with Gasteiger partial charge in [0.1, 0.15) is 0 Å². The lowest BCUT2D eigenvalue weighted by molar-refractivity contribution is -0.121. The SMILES string of the molecule is CC(C)NCCCC(=O)NC1C2C3CCC(C3)C12. The molecule has 1 amide bonds. The largest absolute Gasteiger partial charge is 0.353 e. The number of nitrogens with one attached hydrogen (secondary N) is 2. The third kappa shape index (κ3) is 2.29. The first-order chi connectivity index (χ1) is 8.66. The molecule has 3 saturated carbocycles. The Morgan fingerprint density at radius 3 is 2.50 bits per heavy atom. The molecule has 3 rings (SSSR count). The molecule has 0 saturated heterocycles. The summed E-state index contributed by atoms with van der Waals surface area (Å²) < 4.78 is 0. The van der Waals surface area contributed by atoms with E-state index >= 15 is 0 Å². The van der Waals surface area contributed by atoms with Crippen molar-refractivity contribution in [2.75, 3.05) is 6.54 Å². The smallest absolute Gasteiger partial charge is 0.220 e. The minimum absolute atomic E-state index is 0.277. The van der Waals surface area contributed by atoms with Gasteiger partial charge in [0.05, 0.1) is 0 Å². The summed E-state index contributed by atoms with van der Waals surface area (Å²) in [5.41, 5.74) is 0. The maximum atomic E-state index is 11.9. The molecule has 0 aliphatic heterocycles. The van der Waals surface area contributed by atoms with Crippen LogP contribution in [0.5, 0.6) is 0 Å². The molecule has 2 bridgehead atoms. The molecule has 0 aromatic carbocycles. The second-order valence-electron chi connectivity index (χ2n) is 6.79. The molecule has 0 aromatic rings. The van der Waals surface area contributed by atoms with E-state index in [-0.39, 0.29) is 5.91 Å². The Labute approximate surface area is 110 Å².